The van der Waals surface area contributed by atoms with E-state index in [1.165, 1.54) is 48.5 Å². The van der Waals surface area contributed by atoms with Crippen LogP contribution in [0.2, 0.25) is 0 Å². The average Bonchev–Trinajstić information content (AvgIpc) is 3.18. The number of benzene rings is 6. The first kappa shape index (κ1) is 36.1. The number of fused-ring (bicyclic) bond motifs is 6. The van der Waals surface area contributed by atoms with Crippen molar-refractivity contribution < 1.29 is 19.7 Å². The average molecular weight is 765 g/mol. The van der Waals surface area contributed by atoms with Crippen molar-refractivity contribution in [3.63, 3.8) is 0 Å². The van der Waals surface area contributed by atoms with Gasteiger partial charge in [-0.25, -0.2) is 0 Å². The van der Waals surface area contributed by atoms with Crippen molar-refractivity contribution in [3.8, 4) is 0 Å². The van der Waals surface area contributed by atoms with E-state index in [0.717, 1.165) is 45.0 Å². The maximum atomic E-state index is 11.5. The Morgan fingerprint density at radius 2 is 0.684 bits per heavy atom. The second-order valence-corrected chi connectivity index (χ2v) is 13.8. The Kier molecular flexibility index (Phi) is 8.92. The molecule has 0 spiro atoms. The topological polar surface area (TPSA) is 186 Å². The van der Waals surface area contributed by atoms with Crippen molar-refractivity contribution in [2.24, 2.45) is 0 Å². The van der Waals surface area contributed by atoms with Crippen molar-refractivity contribution in [1.29, 1.82) is 0 Å². The smallest absolute Gasteiger partial charge is 0.269 e. The lowest BCUT2D eigenvalue weighted by Crippen LogP contribution is -2.46. The van der Waals surface area contributed by atoms with Gasteiger partial charge in [0.15, 0.2) is 0 Å². The van der Waals surface area contributed by atoms with Gasteiger partial charge in [0.1, 0.15) is 0 Å². The van der Waals surface area contributed by atoms with Gasteiger partial charge in [-0.15, -0.1) is 0 Å². The number of aryl methyl sites for hydroxylation is 2. The van der Waals surface area contributed by atoms with Crippen LogP contribution in [0.3, 0.4) is 0 Å². The third-order valence-corrected chi connectivity index (χ3v) is 10.2. The van der Waals surface area contributed by atoms with Crippen LogP contribution in [0.25, 0.3) is 0 Å². The molecule has 0 saturated heterocycles. The predicted octanol–water partition coefficient (Wildman–Crippen LogP) is 10.2. The Balaban J connectivity index is 1.18. The molecular formula is C41H32N8O8. The second-order valence-electron chi connectivity index (χ2n) is 13.8. The lowest BCUT2D eigenvalue weighted by Gasteiger charge is -2.46. The molecule has 0 N–H and O–H groups in total. The van der Waals surface area contributed by atoms with Crippen LogP contribution in [-0.2, 0) is 13.1 Å². The molecule has 57 heavy (non-hydrogen) atoms. The van der Waals surface area contributed by atoms with Crippen LogP contribution in [0.15, 0.2) is 121 Å². The minimum atomic E-state index is -0.462. The van der Waals surface area contributed by atoms with E-state index in [0.29, 0.717) is 42.5 Å². The molecule has 16 nitrogen and oxygen atoms in total. The number of nitrogens with zero attached hydrogens (tertiary/aromatic N) is 8. The molecule has 0 saturated carbocycles. The molecule has 0 radical (unpaired) electrons. The lowest BCUT2D eigenvalue weighted by atomic mass is 9.95. The Hall–Kier alpha value is -7.88. The summed E-state index contributed by atoms with van der Waals surface area (Å²) in [5.74, 6) is 0. The Morgan fingerprint density at radius 3 is 0.930 bits per heavy atom. The summed E-state index contributed by atoms with van der Waals surface area (Å²) in [5, 5.41) is 45.8. The van der Waals surface area contributed by atoms with E-state index in [-0.39, 0.29) is 22.7 Å². The lowest BCUT2D eigenvalue weighted by molar-refractivity contribution is -0.385. The molecule has 0 unspecified atom stereocenters. The van der Waals surface area contributed by atoms with Crippen LogP contribution in [0.4, 0.5) is 68.2 Å². The molecule has 6 aromatic carbocycles. The molecule has 6 aromatic rings. The number of anilines is 8. The maximum Gasteiger partial charge on any atom is 0.269 e. The van der Waals surface area contributed by atoms with E-state index in [4.69, 9.17) is 0 Å². The van der Waals surface area contributed by atoms with Gasteiger partial charge in [0.05, 0.1) is 26.4 Å². The Bertz CT molecular complexity index is 2300. The summed E-state index contributed by atoms with van der Waals surface area (Å²) < 4.78 is 0. The third kappa shape index (κ3) is 6.64. The van der Waals surface area contributed by atoms with Crippen molar-refractivity contribution in [3.05, 3.63) is 184 Å². The van der Waals surface area contributed by atoms with Gasteiger partial charge in [0.25, 0.3) is 22.7 Å². The molecule has 2 bridgehead atoms. The van der Waals surface area contributed by atoms with Crippen LogP contribution in [0.5, 0.6) is 0 Å². The van der Waals surface area contributed by atoms with Crippen LogP contribution >= 0.6 is 0 Å². The van der Waals surface area contributed by atoms with Gasteiger partial charge >= 0.3 is 0 Å². The monoisotopic (exact) mass is 764 g/mol. The highest BCUT2D eigenvalue weighted by Gasteiger charge is 2.33. The molecule has 0 aromatic heterocycles. The SMILES string of the molecule is Cc1cc(N(c2ccc([N+](=O)[O-])cc2)c2ccc([N+](=O)[O-])cc2)cc2c1N1Cc3cc(N(c4ccc([N+](=O)[O-])cc4)c4ccc([N+](=O)[O-])cc4)cc(C)c3N(C2)C1. The first-order valence-electron chi connectivity index (χ1n) is 17.7. The fourth-order valence-corrected chi connectivity index (χ4v) is 7.87. The zero-order chi connectivity index (χ0) is 40.1. The number of hydrogen-bond donors (Lipinski definition) is 0. The Labute approximate surface area is 324 Å². The quantitative estimate of drug-likeness (QED) is 0.0950. The first-order chi connectivity index (χ1) is 27.4. The third-order valence-electron chi connectivity index (χ3n) is 10.2. The molecular weight excluding hydrogens is 732 g/mol. The zero-order valence-electron chi connectivity index (χ0n) is 30.5. The fraction of sp³-hybridized carbons (Fsp3) is 0.122. The maximum absolute atomic E-state index is 11.5. The summed E-state index contributed by atoms with van der Waals surface area (Å²) in [4.78, 5) is 52.4. The van der Waals surface area contributed by atoms with Crippen LogP contribution in [-0.4, -0.2) is 26.4 Å². The molecule has 2 aliphatic heterocycles. The molecule has 2 aliphatic rings. The largest absolute Gasteiger partial charge is 0.349 e. The van der Waals surface area contributed by atoms with Crippen molar-refractivity contribution >= 4 is 68.2 Å². The Morgan fingerprint density at radius 1 is 0.421 bits per heavy atom. The number of rotatable bonds is 10. The standard InChI is InChI=1S/C41H32N8O8/c1-26-19-38(44(30-3-11-34(12-4-30)46(50)51)31-5-13-35(14-6-31)47(52)53)21-28-23-43-25-42(40(26)28)24-29-22-39(20-27(2)41(29)43)45(32-7-15-36(16-8-32)48(54)55)33-9-17-37(18-10-33)49(56)57/h3-22H,23-25H2,1-2H3. The molecule has 0 aliphatic carbocycles. The highest BCUT2D eigenvalue weighted by atomic mass is 16.6. The number of nitro benzene ring substituents is 4. The van der Waals surface area contributed by atoms with E-state index in [9.17, 15) is 40.5 Å². The number of non-ortho nitro benzene ring substituents is 4. The van der Waals surface area contributed by atoms with E-state index in [1.807, 2.05) is 35.8 Å². The van der Waals surface area contributed by atoms with Gasteiger partial charge in [-0.05, 0) is 109 Å². The molecule has 2 heterocycles. The van der Waals surface area contributed by atoms with E-state index in [2.05, 4.69) is 21.9 Å². The highest BCUT2D eigenvalue weighted by molar-refractivity contribution is 5.84. The van der Waals surface area contributed by atoms with Gasteiger partial charge in [0, 0.05) is 107 Å². The summed E-state index contributed by atoms with van der Waals surface area (Å²) in [6.45, 7) is 5.84. The van der Waals surface area contributed by atoms with Crippen molar-refractivity contribution in [2.45, 2.75) is 26.9 Å². The van der Waals surface area contributed by atoms with Crippen LogP contribution in [0.1, 0.15) is 22.3 Å². The first-order valence-corrected chi connectivity index (χ1v) is 17.7. The zero-order valence-corrected chi connectivity index (χ0v) is 30.5. The van der Waals surface area contributed by atoms with Crippen molar-refractivity contribution in [2.75, 3.05) is 26.3 Å². The minimum absolute atomic E-state index is 0.0572. The summed E-state index contributed by atoms with van der Waals surface area (Å²) in [6.07, 6.45) is 0. The molecule has 0 fully saturated rings. The van der Waals surface area contributed by atoms with E-state index < -0.39 is 19.7 Å². The second kappa shape index (κ2) is 14.1. The fourth-order valence-electron chi connectivity index (χ4n) is 7.87. The minimum Gasteiger partial charge on any atom is -0.349 e. The van der Waals surface area contributed by atoms with Crippen molar-refractivity contribution in [1.82, 2.24) is 0 Å². The summed E-state index contributed by atoms with van der Waals surface area (Å²) in [7, 11) is 0. The van der Waals surface area contributed by atoms with Crippen LogP contribution < -0.4 is 19.6 Å². The molecule has 0 atom stereocenters. The number of hydrogen-bond acceptors (Lipinski definition) is 12. The van der Waals surface area contributed by atoms with Crippen LogP contribution in [0, 0.1) is 54.3 Å². The van der Waals surface area contributed by atoms with E-state index in [1.54, 1.807) is 48.5 Å². The number of nitro groups is 4. The van der Waals surface area contributed by atoms with Gasteiger partial charge in [-0.2, -0.15) is 0 Å². The molecule has 284 valence electrons. The molecule has 0 amide bonds. The molecule has 8 rings (SSSR count). The summed E-state index contributed by atoms with van der Waals surface area (Å²) >= 11 is 0. The summed E-state index contributed by atoms with van der Waals surface area (Å²) in [5.41, 5.74) is 10.1. The summed E-state index contributed by atoms with van der Waals surface area (Å²) in [6, 6.07) is 32.9. The van der Waals surface area contributed by atoms with Gasteiger partial charge in [-0.3, -0.25) is 40.5 Å². The highest BCUT2D eigenvalue weighted by Crippen LogP contribution is 2.47. The predicted molar refractivity (Wildman–Crippen MR) is 216 cm³/mol. The van der Waals surface area contributed by atoms with E-state index >= 15 is 0 Å². The van der Waals surface area contributed by atoms with Gasteiger partial charge < -0.3 is 19.6 Å². The van der Waals surface area contributed by atoms with Gasteiger partial charge in [-0.1, -0.05) is 0 Å². The molecule has 16 heteroatoms. The van der Waals surface area contributed by atoms with Gasteiger partial charge in [0.2, 0.25) is 0 Å². The normalized spacial score (nSPS) is 12.7.